The number of fused-ring (bicyclic) bond motifs is 2. The minimum Gasteiger partial charge on any atom is -0.469 e. The average Bonchev–Trinajstić information content (AvgIpc) is 2.91. The second kappa shape index (κ2) is 7.43. The largest absolute Gasteiger partial charge is 0.469 e. The molecule has 2 N–H and O–H groups in total. The van der Waals surface area contributed by atoms with Crippen LogP contribution in [0.15, 0.2) is 42.5 Å². The topological polar surface area (TPSA) is 55.6 Å². The summed E-state index contributed by atoms with van der Waals surface area (Å²) in [5.74, 6) is 0.0724. The minimum atomic E-state index is -0.0814. The Balaban J connectivity index is 1.64. The van der Waals surface area contributed by atoms with Crippen LogP contribution in [0.5, 0.6) is 0 Å². The zero-order valence-electron chi connectivity index (χ0n) is 15.7. The third-order valence-corrected chi connectivity index (χ3v) is 7.35. The van der Waals surface area contributed by atoms with Crippen molar-refractivity contribution < 1.29 is 9.53 Å². The number of ether oxygens (including phenoxy) is 1. The smallest absolute Gasteiger partial charge is 0.310 e. The molecule has 0 amide bonds. The number of hydrogen-bond donors (Lipinski definition) is 1. The van der Waals surface area contributed by atoms with Gasteiger partial charge in [0, 0.05) is 27.3 Å². The molecule has 2 fully saturated rings. The van der Waals surface area contributed by atoms with Crippen LogP contribution >= 0.6 is 22.6 Å². The number of esters is 1. The molecule has 4 rings (SSSR count). The lowest BCUT2D eigenvalue weighted by molar-refractivity contribution is -0.150. The summed E-state index contributed by atoms with van der Waals surface area (Å²) in [6, 6.07) is 15.7. The van der Waals surface area contributed by atoms with Gasteiger partial charge in [-0.05, 0) is 77.7 Å². The average molecular weight is 476 g/mol. The fraction of sp³-hybridized carbons (Fsp3) is 0.409. The van der Waals surface area contributed by atoms with E-state index in [1.54, 1.807) is 0 Å². The van der Waals surface area contributed by atoms with Crippen LogP contribution in [0.4, 0.5) is 5.69 Å². The van der Waals surface area contributed by atoms with Crippen molar-refractivity contribution in [3.8, 4) is 11.1 Å². The summed E-state index contributed by atoms with van der Waals surface area (Å²) in [4.78, 5) is 15.0. The Hall–Kier alpha value is -1.60. The third kappa shape index (κ3) is 3.36. The standard InChI is InChI=1S/C22H25IN2O2/c1-25-16-8-10-20(25)21(22(26)27-2)17(12-16)14-5-3-13(4-6-14)15-7-9-19(24)18(23)11-15/h3-7,9,11,16-17,20-21H,8,10,12,24H2,1-2H3/t16?,17-,20?,21+/m1/s1. The molecular formula is C22H25IN2O2. The molecule has 2 aliphatic rings. The molecule has 0 aromatic heterocycles. The highest BCUT2D eigenvalue weighted by Crippen LogP contribution is 2.46. The van der Waals surface area contributed by atoms with Crippen LogP contribution in [0.1, 0.15) is 30.7 Å². The van der Waals surface area contributed by atoms with Gasteiger partial charge in [0.15, 0.2) is 0 Å². The first kappa shape index (κ1) is 18.7. The molecule has 5 heteroatoms. The van der Waals surface area contributed by atoms with Crippen LogP contribution in [0.25, 0.3) is 11.1 Å². The molecule has 2 aromatic rings. The van der Waals surface area contributed by atoms with Crippen LogP contribution in [-0.2, 0) is 9.53 Å². The molecule has 142 valence electrons. The Bertz CT molecular complexity index is 852. The molecular weight excluding hydrogens is 451 g/mol. The predicted molar refractivity (Wildman–Crippen MR) is 116 cm³/mol. The van der Waals surface area contributed by atoms with E-state index in [1.807, 2.05) is 6.07 Å². The maximum atomic E-state index is 12.6. The predicted octanol–water partition coefficient (Wildman–Crippen LogP) is 4.28. The van der Waals surface area contributed by atoms with Crippen molar-refractivity contribution >= 4 is 34.2 Å². The maximum Gasteiger partial charge on any atom is 0.310 e. The van der Waals surface area contributed by atoms with Crippen LogP contribution in [0.2, 0.25) is 0 Å². The summed E-state index contributed by atoms with van der Waals surface area (Å²) in [6.45, 7) is 0. The van der Waals surface area contributed by atoms with Crippen molar-refractivity contribution in [1.82, 2.24) is 4.90 Å². The van der Waals surface area contributed by atoms with E-state index in [0.29, 0.717) is 12.1 Å². The molecule has 2 saturated heterocycles. The second-order valence-corrected chi connectivity index (χ2v) is 8.88. The molecule has 0 aliphatic carbocycles. The van der Waals surface area contributed by atoms with Crippen LogP contribution in [0, 0.1) is 9.49 Å². The number of methoxy groups -OCH3 is 1. The number of carbonyl (C=O) groups excluding carboxylic acids is 1. The van der Waals surface area contributed by atoms with E-state index in [4.69, 9.17) is 10.5 Å². The zero-order valence-corrected chi connectivity index (χ0v) is 17.8. The number of nitrogen functional groups attached to an aromatic ring is 1. The van der Waals surface area contributed by atoms with Crippen molar-refractivity contribution in [3.63, 3.8) is 0 Å². The number of anilines is 1. The molecule has 0 spiro atoms. The van der Waals surface area contributed by atoms with E-state index < -0.39 is 0 Å². The molecule has 2 unspecified atom stereocenters. The highest BCUT2D eigenvalue weighted by molar-refractivity contribution is 14.1. The Morgan fingerprint density at radius 3 is 2.52 bits per heavy atom. The lowest BCUT2D eigenvalue weighted by Gasteiger charge is -2.41. The van der Waals surface area contributed by atoms with Gasteiger partial charge in [-0.3, -0.25) is 9.69 Å². The summed E-state index contributed by atoms with van der Waals surface area (Å²) in [6.07, 6.45) is 3.28. The first-order valence-electron chi connectivity index (χ1n) is 9.44. The monoisotopic (exact) mass is 476 g/mol. The molecule has 0 radical (unpaired) electrons. The molecule has 2 aliphatic heterocycles. The maximum absolute atomic E-state index is 12.6. The van der Waals surface area contributed by atoms with Crippen molar-refractivity contribution in [2.24, 2.45) is 5.92 Å². The third-order valence-electron chi connectivity index (χ3n) is 6.41. The van der Waals surface area contributed by atoms with Gasteiger partial charge in [0.05, 0.1) is 13.0 Å². The Kier molecular flexibility index (Phi) is 5.16. The molecule has 27 heavy (non-hydrogen) atoms. The molecule has 2 heterocycles. The second-order valence-electron chi connectivity index (χ2n) is 7.71. The van der Waals surface area contributed by atoms with Crippen LogP contribution in [-0.4, -0.2) is 37.1 Å². The first-order chi connectivity index (χ1) is 13.0. The fourth-order valence-electron chi connectivity index (χ4n) is 4.90. The van der Waals surface area contributed by atoms with Gasteiger partial charge in [0.25, 0.3) is 0 Å². The molecule has 4 atom stereocenters. The van der Waals surface area contributed by atoms with E-state index in [1.165, 1.54) is 24.7 Å². The number of nitrogens with zero attached hydrogens (tertiary/aromatic N) is 1. The highest BCUT2D eigenvalue weighted by Gasteiger charge is 2.49. The van der Waals surface area contributed by atoms with Gasteiger partial charge in [-0.1, -0.05) is 30.3 Å². The van der Waals surface area contributed by atoms with E-state index in [-0.39, 0.29) is 17.8 Å². The van der Waals surface area contributed by atoms with Gasteiger partial charge in [0.1, 0.15) is 0 Å². The summed E-state index contributed by atoms with van der Waals surface area (Å²) in [5, 5.41) is 0. The van der Waals surface area contributed by atoms with Gasteiger partial charge < -0.3 is 10.5 Å². The fourth-order valence-corrected chi connectivity index (χ4v) is 5.41. The van der Waals surface area contributed by atoms with Crippen LogP contribution in [0.3, 0.4) is 0 Å². The van der Waals surface area contributed by atoms with E-state index >= 15 is 0 Å². The number of hydrogen-bond acceptors (Lipinski definition) is 4. The summed E-state index contributed by atoms with van der Waals surface area (Å²) in [5.41, 5.74) is 10.3. The highest BCUT2D eigenvalue weighted by atomic mass is 127. The van der Waals surface area contributed by atoms with Gasteiger partial charge in [-0.25, -0.2) is 0 Å². The van der Waals surface area contributed by atoms with Crippen molar-refractivity contribution in [2.75, 3.05) is 19.9 Å². The lowest BCUT2D eigenvalue weighted by Crippen LogP contribution is -2.49. The number of rotatable bonds is 3. The number of benzene rings is 2. The SMILES string of the molecule is COC(=O)[C@@H]1C2CCC(C[C@@H]1c1ccc(-c3ccc(N)c(I)c3)cc1)N2C. The molecule has 2 aromatic carbocycles. The Labute approximate surface area is 174 Å². The van der Waals surface area contributed by atoms with Gasteiger partial charge in [0.2, 0.25) is 0 Å². The lowest BCUT2D eigenvalue weighted by atomic mass is 9.76. The van der Waals surface area contributed by atoms with Gasteiger partial charge >= 0.3 is 5.97 Å². The van der Waals surface area contributed by atoms with Gasteiger partial charge in [-0.2, -0.15) is 0 Å². The van der Waals surface area contributed by atoms with Crippen molar-refractivity contribution in [1.29, 1.82) is 0 Å². The number of halogens is 1. The molecule has 4 nitrogen and oxygen atoms in total. The van der Waals surface area contributed by atoms with Crippen molar-refractivity contribution in [2.45, 2.75) is 37.3 Å². The van der Waals surface area contributed by atoms with E-state index in [9.17, 15) is 4.79 Å². The molecule has 2 bridgehead atoms. The number of carbonyl (C=O) groups is 1. The normalized spacial score (nSPS) is 27.5. The minimum absolute atomic E-state index is 0.0747. The van der Waals surface area contributed by atoms with Crippen molar-refractivity contribution in [3.05, 3.63) is 51.6 Å². The number of piperidine rings is 1. The molecule has 0 saturated carbocycles. The number of nitrogens with two attached hydrogens (primary N) is 1. The first-order valence-corrected chi connectivity index (χ1v) is 10.5. The quantitative estimate of drug-likeness (QED) is 0.408. The zero-order chi connectivity index (χ0) is 19.1. The van der Waals surface area contributed by atoms with E-state index in [0.717, 1.165) is 27.7 Å². The van der Waals surface area contributed by atoms with Crippen LogP contribution < -0.4 is 5.73 Å². The Morgan fingerprint density at radius 2 is 1.85 bits per heavy atom. The van der Waals surface area contributed by atoms with E-state index in [2.05, 4.69) is 70.9 Å². The summed E-state index contributed by atoms with van der Waals surface area (Å²) < 4.78 is 6.24. The summed E-state index contributed by atoms with van der Waals surface area (Å²) >= 11 is 2.26. The van der Waals surface area contributed by atoms with Gasteiger partial charge in [-0.15, -0.1) is 0 Å². The Morgan fingerprint density at radius 1 is 1.15 bits per heavy atom. The summed E-state index contributed by atoms with van der Waals surface area (Å²) in [7, 11) is 3.66.